The molecule has 0 spiro atoms. The Morgan fingerprint density at radius 2 is 2.00 bits per heavy atom. The van der Waals surface area contributed by atoms with Crippen LogP contribution in [0.2, 0.25) is 0 Å². The van der Waals surface area contributed by atoms with Gasteiger partial charge in [-0.15, -0.1) is 0 Å². The standard InChI is InChI=1S/C12H18N2O2S/c1-10-2-4-12(5-3-10)17(15,16)14-7-6-11(8-13)9-14/h2-5,11H,6-9,13H2,1H3/t11-/m1/s1. The molecule has 1 aromatic carbocycles. The topological polar surface area (TPSA) is 63.4 Å². The number of hydrogen-bond donors (Lipinski definition) is 1. The van der Waals surface area contributed by atoms with Gasteiger partial charge in [0.25, 0.3) is 0 Å². The molecule has 0 radical (unpaired) electrons. The number of nitrogens with zero attached hydrogens (tertiary/aromatic N) is 1. The second-order valence-corrected chi connectivity index (χ2v) is 6.50. The first-order chi connectivity index (χ1) is 8.04. The number of aryl methyl sites for hydroxylation is 1. The van der Waals surface area contributed by atoms with Crippen molar-refractivity contribution in [3.63, 3.8) is 0 Å². The average molecular weight is 254 g/mol. The van der Waals surface area contributed by atoms with Crippen LogP contribution >= 0.6 is 0 Å². The smallest absolute Gasteiger partial charge is 0.243 e. The van der Waals surface area contributed by atoms with Crippen molar-refractivity contribution in [3.05, 3.63) is 29.8 Å². The molecule has 1 heterocycles. The summed E-state index contributed by atoms with van der Waals surface area (Å²) in [6.07, 6.45) is 0.863. The van der Waals surface area contributed by atoms with Crippen molar-refractivity contribution in [2.24, 2.45) is 11.7 Å². The minimum absolute atomic E-state index is 0.301. The molecular formula is C12H18N2O2S. The van der Waals surface area contributed by atoms with Crippen molar-refractivity contribution in [2.45, 2.75) is 18.2 Å². The van der Waals surface area contributed by atoms with Crippen LogP contribution in [0.15, 0.2) is 29.2 Å². The summed E-state index contributed by atoms with van der Waals surface area (Å²) in [6, 6.07) is 6.98. The van der Waals surface area contributed by atoms with Crippen molar-refractivity contribution in [2.75, 3.05) is 19.6 Å². The van der Waals surface area contributed by atoms with Gasteiger partial charge >= 0.3 is 0 Å². The molecule has 5 heteroatoms. The molecule has 1 saturated heterocycles. The Labute approximate surface area is 102 Å². The summed E-state index contributed by atoms with van der Waals surface area (Å²) in [4.78, 5) is 0.376. The minimum atomic E-state index is -3.32. The number of nitrogens with two attached hydrogens (primary N) is 1. The summed E-state index contributed by atoms with van der Waals surface area (Å²) in [5, 5.41) is 0. The number of sulfonamides is 1. The van der Waals surface area contributed by atoms with Gasteiger partial charge in [0.05, 0.1) is 4.90 Å². The number of hydrogen-bond acceptors (Lipinski definition) is 3. The molecule has 0 saturated carbocycles. The lowest BCUT2D eigenvalue weighted by Crippen LogP contribution is -2.30. The molecule has 17 heavy (non-hydrogen) atoms. The average Bonchev–Trinajstić information content (AvgIpc) is 2.78. The molecule has 2 rings (SSSR count). The van der Waals surface area contributed by atoms with Gasteiger partial charge in [0.15, 0.2) is 0 Å². The first-order valence-corrected chi connectivity index (χ1v) is 7.25. The van der Waals surface area contributed by atoms with Gasteiger partial charge in [0, 0.05) is 13.1 Å². The van der Waals surface area contributed by atoms with E-state index in [1.54, 1.807) is 12.1 Å². The van der Waals surface area contributed by atoms with Crippen molar-refractivity contribution in [3.8, 4) is 0 Å². The molecule has 0 amide bonds. The molecule has 0 aromatic heterocycles. The Morgan fingerprint density at radius 1 is 1.35 bits per heavy atom. The fraction of sp³-hybridized carbons (Fsp3) is 0.500. The maximum atomic E-state index is 12.3. The summed E-state index contributed by atoms with van der Waals surface area (Å²) in [6.45, 7) is 3.63. The van der Waals surface area contributed by atoms with E-state index in [1.807, 2.05) is 19.1 Å². The summed E-state index contributed by atoms with van der Waals surface area (Å²) >= 11 is 0. The predicted octanol–water partition coefficient (Wildman–Crippen LogP) is 0.964. The molecule has 94 valence electrons. The van der Waals surface area contributed by atoms with Crippen LogP contribution in [0.5, 0.6) is 0 Å². The SMILES string of the molecule is Cc1ccc(S(=O)(=O)N2CC[C@H](CN)C2)cc1. The van der Waals surface area contributed by atoms with E-state index in [4.69, 9.17) is 5.73 Å². The lowest BCUT2D eigenvalue weighted by Gasteiger charge is -2.16. The monoisotopic (exact) mass is 254 g/mol. The van der Waals surface area contributed by atoms with E-state index in [-0.39, 0.29) is 0 Å². The molecule has 1 aliphatic rings. The molecule has 1 atom stereocenters. The Hall–Kier alpha value is -0.910. The van der Waals surface area contributed by atoms with Crippen molar-refractivity contribution >= 4 is 10.0 Å². The molecule has 0 aliphatic carbocycles. The van der Waals surface area contributed by atoms with Crippen LogP contribution in [0.25, 0.3) is 0 Å². The third-order valence-corrected chi connectivity index (χ3v) is 5.12. The fourth-order valence-electron chi connectivity index (χ4n) is 2.07. The Morgan fingerprint density at radius 3 is 2.53 bits per heavy atom. The first-order valence-electron chi connectivity index (χ1n) is 5.81. The highest BCUT2D eigenvalue weighted by Gasteiger charge is 2.31. The lowest BCUT2D eigenvalue weighted by atomic mass is 10.1. The highest BCUT2D eigenvalue weighted by molar-refractivity contribution is 7.89. The second-order valence-electron chi connectivity index (χ2n) is 4.57. The zero-order valence-electron chi connectivity index (χ0n) is 9.96. The fourth-order valence-corrected chi connectivity index (χ4v) is 3.60. The quantitative estimate of drug-likeness (QED) is 0.874. The molecular weight excluding hydrogens is 236 g/mol. The molecule has 1 aliphatic heterocycles. The normalized spacial score (nSPS) is 21.9. The third-order valence-electron chi connectivity index (χ3n) is 3.24. The van der Waals surface area contributed by atoms with Crippen LogP contribution in [0.4, 0.5) is 0 Å². The van der Waals surface area contributed by atoms with Crippen molar-refractivity contribution in [1.29, 1.82) is 0 Å². The molecule has 1 fully saturated rings. The van der Waals surface area contributed by atoms with Gasteiger partial charge in [0.2, 0.25) is 10.0 Å². The summed E-state index contributed by atoms with van der Waals surface area (Å²) < 4.78 is 26.1. The van der Waals surface area contributed by atoms with E-state index in [9.17, 15) is 8.42 Å². The highest BCUT2D eigenvalue weighted by atomic mass is 32.2. The van der Waals surface area contributed by atoms with Crippen LogP contribution in [-0.2, 0) is 10.0 Å². The van der Waals surface area contributed by atoms with Crippen LogP contribution in [-0.4, -0.2) is 32.4 Å². The molecule has 0 bridgehead atoms. The first kappa shape index (κ1) is 12.5. The van der Waals surface area contributed by atoms with E-state index >= 15 is 0 Å². The minimum Gasteiger partial charge on any atom is -0.330 e. The molecule has 0 unspecified atom stereocenters. The number of rotatable bonds is 3. The van der Waals surface area contributed by atoms with Crippen molar-refractivity contribution < 1.29 is 8.42 Å². The maximum Gasteiger partial charge on any atom is 0.243 e. The van der Waals surface area contributed by atoms with Gasteiger partial charge in [-0.1, -0.05) is 17.7 Å². The van der Waals surface area contributed by atoms with E-state index < -0.39 is 10.0 Å². The zero-order chi connectivity index (χ0) is 12.5. The Balaban J connectivity index is 2.22. The number of benzene rings is 1. The van der Waals surface area contributed by atoms with Crippen molar-refractivity contribution in [1.82, 2.24) is 4.31 Å². The Kier molecular flexibility index (Phi) is 3.51. The lowest BCUT2D eigenvalue weighted by molar-refractivity contribution is 0.459. The van der Waals surface area contributed by atoms with Crippen LogP contribution < -0.4 is 5.73 Å². The second kappa shape index (κ2) is 4.76. The predicted molar refractivity (Wildman–Crippen MR) is 67.1 cm³/mol. The van der Waals surface area contributed by atoms with Gasteiger partial charge in [0.1, 0.15) is 0 Å². The highest BCUT2D eigenvalue weighted by Crippen LogP contribution is 2.23. The van der Waals surface area contributed by atoms with Gasteiger partial charge in [-0.3, -0.25) is 0 Å². The van der Waals surface area contributed by atoms with Gasteiger partial charge in [-0.25, -0.2) is 8.42 Å². The molecule has 1 aromatic rings. The van der Waals surface area contributed by atoms with Crippen LogP contribution in [0.3, 0.4) is 0 Å². The maximum absolute atomic E-state index is 12.3. The van der Waals surface area contributed by atoms with E-state index in [0.717, 1.165) is 12.0 Å². The van der Waals surface area contributed by atoms with Gasteiger partial charge in [-0.05, 0) is 37.9 Å². The Bertz CT molecular complexity index is 482. The zero-order valence-corrected chi connectivity index (χ0v) is 10.8. The summed E-state index contributed by atoms with van der Waals surface area (Å²) in [5.41, 5.74) is 6.64. The third kappa shape index (κ3) is 2.51. The molecule has 4 nitrogen and oxygen atoms in total. The largest absolute Gasteiger partial charge is 0.330 e. The van der Waals surface area contributed by atoms with Gasteiger partial charge < -0.3 is 5.73 Å². The van der Waals surface area contributed by atoms with E-state index in [2.05, 4.69) is 0 Å². The van der Waals surface area contributed by atoms with Crippen LogP contribution in [0.1, 0.15) is 12.0 Å². The van der Waals surface area contributed by atoms with Gasteiger partial charge in [-0.2, -0.15) is 4.31 Å². The van der Waals surface area contributed by atoms with E-state index in [0.29, 0.717) is 30.4 Å². The summed E-state index contributed by atoms with van der Waals surface area (Å²) in [7, 11) is -3.32. The summed E-state index contributed by atoms with van der Waals surface area (Å²) in [5.74, 6) is 0.301. The van der Waals surface area contributed by atoms with Crippen LogP contribution in [0, 0.1) is 12.8 Å². The molecule has 2 N–H and O–H groups in total. The van der Waals surface area contributed by atoms with E-state index in [1.165, 1.54) is 4.31 Å².